The fraction of sp³-hybridized carbons (Fsp3) is 0.500. The average Bonchev–Trinajstić information content (AvgIpc) is 2.75. The molecule has 0 aliphatic rings. The fourth-order valence-electron chi connectivity index (χ4n) is 3.73. The normalized spacial score (nSPS) is 14.1. The van der Waals surface area contributed by atoms with E-state index in [0.717, 1.165) is 16.7 Å². The molecule has 0 heterocycles. The van der Waals surface area contributed by atoms with E-state index in [2.05, 4.69) is 18.6 Å². The first-order chi connectivity index (χ1) is 15.3. The molecule has 2 N–H and O–H groups in total. The van der Waals surface area contributed by atoms with Crippen molar-refractivity contribution >= 4 is 27.8 Å². The number of carboxylic acids is 1. The highest BCUT2D eigenvalue weighted by Crippen LogP contribution is 2.37. The Bertz CT molecular complexity index is 1030. The van der Waals surface area contributed by atoms with E-state index >= 15 is 0 Å². The molecule has 1 unspecified atom stereocenters. The standard InChI is InChI=1S/C26H37NO4S2/c1-17(2)20-15-22(18(3)4)24(23(16-20)19(5)6)33(30,31)27-13-14-32-26(7,25(28)29)21-11-9-8-10-12-21/h8-12,15-19,27H,13-14H2,1-7H3,(H,28,29). The summed E-state index contributed by atoms with van der Waals surface area (Å²) >= 11 is 1.22. The first-order valence-electron chi connectivity index (χ1n) is 11.4. The second-order valence-electron chi connectivity index (χ2n) is 9.44. The first-order valence-corrected chi connectivity index (χ1v) is 13.9. The highest BCUT2D eigenvalue weighted by Gasteiger charge is 2.35. The molecule has 2 aromatic carbocycles. The van der Waals surface area contributed by atoms with Crippen LogP contribution in [-0.4, -0.2) is 31.8 Å². The molecule has 0 spiro atoms. The average molecular weight is 492 g/mol. The van der Waals surface area contributed by atoms with Crippen LogP contribution in [0.4, 0.5) is 0 Å². The number of hydrogen-bond acceptors (Lipinski definition) is 4. The topological polar surface area (TPSA) is 83.5 Å². The smallest absolute Gasteiger partial charge is 0.324 e. The Labute approximate surface area is 203 Å². The van der Waals surface area contributed by atoms with Crippen LogP contribution in [0.15, 0.2) is 47.4 Å². The van der Waals surface area contributed by atoms with Gasteiger partial charge in [0.2, 0.25) is 10.0 Å². The molecule has 0 saturated heterocycles. The van der Waals surface area contributed by atoms with Crippen molar-refractivity contribution in [3.8, 4) is 0 Å². The largest absolute Gasteiger partial charge is 0.480 e. The third kappa shape index (κ3) is 6.40. The number of aliphatic carboxylic acids is 1. The van der Waals surface area contributed by atoms with Crippen molar-refractivity contribution in [3.63, 3.8) is 0 Å². The Hall–Kier alpha value is -1.83. The van der Waals surface area contributed by atoms with Crippen LogP contribution in [0, 0.1) is 0 Å². The summed E-state index contributed by atoms with van der Waals surface area (Å²) in [6, 6.07) is 13.1. The molecule has 182 valence electrons. The van der Waals surface area contributed by atoms with Gasteiger partial charge < -0.3 is 5.11 Å². The maximum Gasteiger partial charge on any atom is 0.324 e. The van der Waals surface area contributed by atoms with Crippen molar-refractivity contribution in [3.05, 3.63) is 64.7 Å². The van der Waals surface area contributed by atoms with Gasteiger partial charge in [0, 0.05) is 12.3 Å². The zero-order valence-electron chi connectivity index (χ0n) is 20.7. The fourth-order valence-corrected chi connectivity index (χ4v) is 6.62. The van der Waals surface area contributed by atoms with Gasteiger partial charge in [0.15, 0.2) is 0 Å². The highest BCUT2D eigenvalue weighted by molar-refractivity contribution is 8.01. The molecule has 0 radical (unpaired) electrons. The Morgan fingerprint density at radius 2 is 1.48 bits per heavy atom. The van der Waals surface area contributed by atoms with Crippen LogP contribution >= 0.6 is 11.8 Å². The summed E-state index contributed by atoms with van der Waals surface area (Å²) in [7, 11) is -3.77. The van der Waals surface area contributed by atoms with Crippen LogP contribution in [0.3, 0.4) is 0 Å². The molecule has 7 heteroatoms. The minimum Gasteiger partial charge on any atom is -0.480 e. The maximum absolute atomic E-state index is 13.5. The molecule has 0 fully saturated rings. The number of nitrogens with one attached hydrogen (secondary N) is 1. The lowest BCUT2D eigenvalue weighted by atomic mass is 9.89. The van der Waals surface area contributed by atoms with Gasteiger partial charge >= 0.3 is 5.97 Å². The van der Waals surface area contributed by atoms with E-state index in [9.17, 15) is 18.3 Å². The highest BCUT2D eigenvalue weighted by atomic mass is 32.2. The molecule has 33 heavy (non-hydrogen) atoms. The predicted molar refractivity (Wildman–Crippen MR) is 138 cm³/mol. The number of carboxylic acid groups (broad SMARTS) is 1. The van der Waals surface area contributed by atoms with E-state index in [1.165, 1.54) is 11.8 Å². The minimum absolute atomic E-state index is 0.0514. The maximum atomic E-state index is 13.5. The third-order valence-corrected chi connectivity index (χ3v) is 8.85. The van der Waals surface area contributed by atoms with Crippen LogP contribution in [0.2, 0.25) is 0 Å². The van der Waals surface area contributed by atoms with Crippen LogP contribution < -0.4 is 4.72 Å². The summed E-state index contributed by atoms with van der Waals surface area (Å²) in [4.78, 5) is 12.4. The zero-order chi connectivity index (χ0) is 25.0. The number of hydrogen-bond donors (Lipinski definition) is 2. The van der Waals surface area contributed by atoms with Gasteiger partial charge in [0.25, 0.3) is 0 Å². The summed E-state index contributed by atoms with van der Waals surface area (Å²) < 4.78 is 28.5. The monoisotopic (exact) mass is 491 g/mol. The second kappa shape index (κ2) is 11.1. The van der Waals surface area contributed by atoms with Crippen LogP contribution in [0.25, 0.3) is 0 Å². The summed E-state index contributed by atoms with van der Waals surface area (Å²) in [6.07, 6.45) is 0. The molecular formula is C26H37NO4S2. The van der Waals surface area contributed by atoms with Crippen molar-refractivity contribution in [1.29, 1.82) is 0 Å². The molecule has 2 aromatic rings. The molecule has 2 rings (SSSR count). The van der Waals surface area contributed by atoms with E-state index in [0.29, 0.717) is 22.1 Å². The van der Waals surface area contributed by atoms with Crippen molar-refractivity contribution in [2.24, 2.45) is 0 Å². The quantitative estimate of drug-likeness (QED) is 0.373. The Balaban J connectivity index is 2.30. The van der Waals surface area contributed by atoms with Gasteiger partial charge in [-0.05, 0) is 46.9 Å². The predicted octanol–water partition coefficient (Wildman–Crippen LogP) is 6.07. The van der Waals surface area contributed by atoms with Crippen molar-refractivity contribution in [2.75, 3.05) is 12.3 Å². The van der Waals surface area contributed by atoms with Gasteiger partial charge in [-0.1, -0.05) is 84.0 Å². The van der Waals surface area contributed by atoms with Gasteiger partial charge in [-0.15, -0.1) is 11.8 Å². The summed E-state index contributed by atoms with van der Waals surface area (Å²) in [6.45, 7) is 14.1. The van der Waals surface area contributed by atoms with Crippen molar-refractivity contribution < 1.29 is 18.3 Å². The van der Waals surface area contributed by atoms with E-state index < -0.39 is 20.7 Å². The minimum atomic E-state index is -3.77. The molecule has 0 bridgehead atoms. The molecular weight excluding hydrogens is 454 g/mol. The van der Waals surface area contributed by atoms with E-state index in [4.69, 9.17) is 0 Å². The van der Waals surface area contributed by atoms with Gasteiger partial charge in [0.1, 0.15) is 4.75 Å². The molecule has 0 amide bonds. The summed E-state index contributed by atoms with van der Waals surface area (Å²) in [5.41, 5.74) is 3.46. The van der Waals surface area contributed by atoms with Crippen molar-refractivity contribution in [1.82, 2.24) is 4.72 Å². The van der Waals surface area contributed by atoms with Gasteiger partial charge in [0.05, 0.1) is 4.90 Å². The van der Waals surface area contributed by atoms with Gasteiger partial charge in [-0.3, -0.25) is 4.79 Å². The van der Waals surface area contributed by atoms with Crippen molar-refractivity contribution in [2.45, 2.75) is 75.9 Å². The Morgan fingerprint density at radius 3 is 1.91 bits per heavy atom. The lowest BCUT2D eigenvalue weighted by Crippen LogP contribution is -2.32. The number of carbonyl (C=O) groups is 1. The number of rotatable bonds is 11. The van der Waals surface area contributed by atoms with E-state index in [-0.39, 0.29) is 18.4 Å². The lowest BCUT2D eigenvalue weighted by molar-refractivity contribution is -0.139. The van der Waals surface area contributed by atoms with Gasteiger partial charge in [-0.25, -0.2) is 13.1 Å². The molecule has 0 aliphatic carbocycles. The third-order valence-electron chi connectivity index (χ3n) is 5.87. The van der Waals surface area contributed by atoms with Crippen LogP contribution in [0.5, 0.6) is 0 Å². The molecule has 5 nitrogen and oxygen atoms in total. The lowest BCUT2D eigenvalue weighted by Gasteiger charge is -2.25. The molecule has 0 aromatic heterocycles. The van der Waals surface area contributed by atoms with Gasteiger partial charge in [-0.2, -0.15) is 0 Å². The zero-order valence-corrected chi connectivity index (χ0v) is 22.3. The molecule has 1 atom stereocenters. The van der Waals surface area contributed by atoms with E-state index in [1.54, 1.807) is 19.1 Å². The number of thioether (sulfide) groups is 1. The Kier molecular flexibility index (Phi) is 9.19. The summed E-state index contributed by atoms with van der Waals surface area (Å²) in [5, 5.41) is 9.83. The number of sulfonamides is 1. The number of benzene rings is 2. The second-order valence-corrected chi connectivity index (χ2v) is 12.7. The molecule has 0 saturated carbocycles. The van der Waals surface area contributed by atoms with E-state index in [1.807, 2.05) is 58.0 Å². The van der Waals surface area contributed by atoms with Crippen LogP contribution in [0.1, 0.15) is 88.5 Å². The molecule has 0 aliphatic heterocycles. The summed E-state index contributed by atoms with van der Waals surface area (Å²) in [5.74, 6) is -0.219. The SMILES string of the molecule is CC(C)c1cc(C(C)C)c(S(=O)(=O)NCCSC(C)(C(=O)O)c2ccccc2)c(C(C)C)c1. The Morgan fingerprint density at radius 1 is 0.970 bits per heavy atom. The first kappa shape index (κ1) is 27.4. The van der Waals surface area contributed by atoms with Crippen LogP contribution in [-0.2, 0) is 19.6 Å².